The van der Waals surface area contributed by atoms with Gasteiger partial charge in [-0.15, -0.1) is 0 Å². The number of fused-ring (bicyclic) bond motifs is 1. The fourth-order valence-corrected chi connectivity index (χ4v) is 4.42. The van der Waals surface area contributed by atoms with Crippen LogP contribution >= 0.6 is 0 Å². The van der Waals surface area contributed by atoms with Crippen LogP contribution in [0.1, 0.15) is 40.4 Å². The topological polar surface area (TPSA) is 42.7 Å². The smallest absolute Gasteiger partial charge is 0.343 e. The van der Waals surface area contributed by atoms with Crippen LogP contribution in [-0.4, -0.2) is 24.0 Å². The zero-order chi connectivity index (χ0) is 21.0. The highest BCUT2D eigenvalue weighted by Crippen LogP contribution is 2.31. The van der Waals surface area contributed by atoms with Gasteiger partial charge in [-0.25, -0.2) is 4.79 Å². The van der Waals surface area contributed by atoms with E-state index in [1.54, 1.807) is 12.1 Å². The van der Waals surface area contributed by atoms with Gasteiger partial charge in [-0.1, -0.05) is 54.6 Å². The van der Waals surface area contributed by atoms with Crippen molar-refractivity contribution in [2.24, 2.45) is 0 Å². The minimum atomic E-state index is -0.326. The van der Waals surface area contributed by atoms with Crippen LogP contribution < -0.4 is 4.74 Å². The molecule has 4 nitrogen and oxygen atoms in total. The molecule has 0 bridgehead atoms. The van der Waals surface area contributed by atoms with Gasteiger partial charge in [-0.2, -0.15) is 0 Å². The summed E-state index contributed by atoms with van der Waals surface area (Å²) in [6.45, 7) is 2.84. The molecule has 0 aliphatic carbocycles. The lowest BCUT2D eigenvalue weighted by Crippen LogP contribution is -2.33. The maximum Gasteiger partial charge on any atom is 0.343 e. The van der Waals surface area contributed by atoms with Crippen LogP contribution in [0.2, 0.25) is 0 Å². The number of carbonyl (C=O) groups is 1. The van der Waals surface area contributed by atoms with Crippen molar-refractivity contribution in [2.45, 2.75) is 25.3 Å². The van der Waals surface area contributed by atoms with Crippen LogP contribution in [0.15, 0.2) is 89.5 Å². The lowest BCUT2D eigenvalue weighted by Gasteiger charge is -2.32. The minimum Gasteiger partial charge on any atom is -0.467 e. The molecule has 1 fully saturated rings. The van der Waals surface area contributed by atoms with Crippen molar-refractivity contribution >= 4 is 16.7 Å². The van der Waals surface area contributed by atoms with E-state index in [-0.39, 0.29) is 5.97 Å². The van der Waals surface area contributed by atoms with Gasteiger partial charge in [-0.3, -0.25) is 4.90 Å². The molecule has 3 aromatic carbocycles. The number of hydrogen-bond donors (Lipinski definition) is 0. The van der Waals surface area contributed by atoms with Crippen LogP contribution in [0, 0.1) is 0 Å². The third-order valence-electron chi connectivity index (χ3n) is 6.01. The summed E-state index contributed by atoms with van der Waals surface area (Å²) in [4.78, 5) is 14.9. The van der Waals surface area contributed by atoms with Crippen molar-refractivity contribution in [3.8, 4) is 5.75 Å². The summed E-state index contributed by atoms with van der Waals surface area (Å²) >= 11 is 0. The first-order valence-corrected chi connectivity index (χ1v) is 10.8. The molecule has 156 valence electrons. The summed E-state index contributed by atoms with van der Waals surface area (Å²) in [6.07, 6.45) is 4.11. The van der Waals surface area contributed by atoms with Crippen molar-refractivity contribution < 1.29 is 13.9 Å². The number of rotatable bonds is 5. The Labute approximate surface area is 182 Å². The molecule has 1 atom stereocenters. The maximum atomic E-state index is 12.4. The number of furan rings is 1. The largest absolute Gasteiger partial charge is 0.467 e. The van der Waals surface area contributed by atoms with Crippen molar-refractivity contribution in [1.29, 1.82) is 0 Å². The number of likely N-dealkylation sites (tertiary alicyclic amines) is 1. The molecule has 0 spiro atoms. The van der Waals surface area contributed by atoms with E-state index in [0.717, 1.165) is 43.6 Å². The molecule has 1 aromatic heterocycles. The van der Waals surface area contributed by atoms with Gasteiger partial charge in [0.25, 0.3) is 0 Å². The van der Waals surface area contributed by atoms with Crippen LogP contribution in [0.4, 0.5) is 0 Å². The van der Waals surface area contributed by atoms with Gasteiger partial charge in [0.2, 0.25) is 0 Å². The molecular formula is C27H25NO3. The molecule has 1 saturated heterocycles. The Morgan fingerprint density at radius 2 is 1.84 bits per heavy atom. The van der Waals surface area contributed by atoms with Gasteiger partial charge in [0.1, 0.15) is 11.5 Å². The first-order valence-electron chi connectivity index (χ1n) is 10.8. The van der Waals surface area contributed by atoms with Gasteiger partial charge in [0.15, 0.2) is 0 Å². The Morgan fingerprint density at radius 3 is 2.74 bits per heavy atom. The number of ether oxygens (including phenoxy) is 1. The molecular weight excluding hydrogens is 386 g/mol. The predicted octanol–water partition coefficient (Wildman–Crippen LogP) is 6.03. The van der Waals surface area contributed by atoms with Gasteiger partial charge in [-0.05, 0) is 55.1 Å². The summed E-state index contributed by atoms with van der Waals surface area (Å²) in [5.74, 6) is 1.71. The fraction of sp³-hybridized carbons (Fsp3) is 0.222. The number of esters is 1. The molecule has 0 N–H and O–H groups in total. The van der Waals surface area contributed by atoms with Crippen LogP contribution in [0.3, 0.4) is 0 Å². The first-order chi connectivity index (χ1) is 15.3. The lowest BCUT2D eigenvalue weighted by molar-refractivity contribution is 0.0734. The van der Waals surface area contributed by atoms with E-state index in [9.17, 15) is 4.79 Å². The number of carbonyl (C=O) groups excluding carboxylic acids is 1. The highest BCUT2D eigenvalue weighted by molar-refractivity contribution is 5.91. The Morgan fingerprint density at radius 1 is 1.00 bits per heavy atom. The Balaban J connectivity index is 1.28. The Kier molecular flexibility index (Phi) is 5.55. The number of nitrogens with zero attached hydrogens (tertiary/aromatic N) is 1. The SMILES string of the molecule is O=C(Oc1cccc(C2CCCN(Cc3occ4ccccc34)C2)c1)c1ccccc1. The van der Waals surface area contributed by atoms with Gasteiger partial charge in [0, 0.05) is 17.3 Å². The standard InChI is InChI=1S/C27H25NO3/c29-27(20-8-2-1-3-9-20)31-24-13-6-11-21(16-24)22-12-7-15-28(17-22)18-26-25-14-5-4-10-23(25)19-30-26/h1-6,8-11,13-14,16,19,22H,7,12,15,17-18H2. The summed E-state index contributed by atoms with van der Waals surface area (Å²) in [7, 11) is 0. The molecule has 2 heterocycles. The zero-order valence-electron chi connectivity index (χ0n) is 17.4. The quantitative estimate of drug-likeness (QED) is 0.297. The second-order valence-corrected chi connectivity index (χ2v) is 8.15. The summed E-state index contributed by atoms with van der Waals surface area (Å²) in [5.41, 5.74) is 1.77. The lowest BCUT2D eigenvalue weighted by atomic mass is 9.90. The predicted molar refractivity (Wildman–Crippen MR) is 121 cm³/mol. The highest BCUT2D eigenvalue weighted by atomic mass is 16.5. The van der Waals surface area contributed by atoms with Gasteiger partial charge < -0.3 is 9.15 Å². The molecule has 0 radical (unpaired) electrons. The van der Waals surface area contributed by atoms with Crippen molar-refractivity contribution in [3.05, 3.63) is 102 Å². The van der Waals surface area contributed by atoms with Gasteiger partial charge in [0.05, 0.1) is 18.4 Å². The Hall–Kier alpha value is -3.37. The molecule has 1 aliphatic rings. The third kappa shape index (κ3) is 4.39. The molecule has 31 heavy (non-hydrogen) atoms. The monoisotopic (exact) mass is 411 g/mol. The number of hydrogen-bond acceptors (Lipinski definition) is 4. The van der Waals surface area contributed by atoms with Crippen LogP contribution in [0.25, 0.3) is 10.8 Å². The highest BCUT2D eigenvalue weighted by Gasteiger charge is 2.23. The van der Waals surface area contributed by atoms with E-state index in [1.807, 2.05) is 48.7 Å². The zero-order valence-corrected chi connectivity index (χ0v) is 17.4. The second-order valence-electron chi connectivity index (χ2n) is 8.15. The number of piperidine rings is 1. The fourth-order valence-electron chi connectivity index (χ4n) is 4.42. The summed E-state index contributed by atoms with van der Waals surface area (Å²) < 4.78 is 11.5. The van der Waals surface area contributed by atoms with Crippen LogP contribution in [0.5, 0.6) is 5.75 Å². The van der Waals surface area contributed by atoms with Gasteiger partial charge >= 0.3 is 5.97 Å². The average molecular weight is 412 g/mol. The third-order valence-corrected chi connectivity index (χ3v) is 6.01. The summed E-state index contributed by atoms with van der Waals surface area (Å²) in [5, 5.41) is 2.35. The normalized spacial score (nSPS) is 17.0. The van der Waals surface area contributed by atoms with E-state index in [1.165, 1.54) is 10.9 Å². The molecule has 4 aromatic rings. The molecule has 1 aliphatic heterocycles. The Bertz CT molecular complexity index is 1180. The number of benzene rings is 3. The van der Waals surface area contributed by atoms with Crippen LogP contribution in [-0.2, 0) is 6.54 Å². The average Bonchev–Trinajstić information content (AvgIpc) is 3.23. The molecule has 0 saturated carbocycles. The minimum absolute atomic E-state index is 0.326. The first kappa shape index (κ1) is 19.6. The van der Waals surface area contributed by atoms with Crippen molar-refractivity contribution in [1.82, 2.24) is 4.90 Å². The summed E-state index contributed by atoms with van der Waals surface area (Å²) in [6, 6.07) is 25.4. The van der Waals surface area contributed by atoms with E-state index in [0.29, 0.717) is 17.2 Å². The van der Waals surface area contributed by atoms with E-state index >= 15 is 0 Å². The van der Waals surface area contributed by atoms with E-state index < -0.39 is 0 Å². The van der Waals surface area contributed by atoms with E-state index in [2.05, 4.69) is 29.2 Å². The van der Waals surface area contributed by atoms with Crippen molar-refractivity contribution in [3.63, 3.8) is 0 Å². The maximum absolute atomic E-state index is 12.4. The van der Waals surface area contributed by atoms with E-state index in [4.69, 9.17) is 9.15 Å². The molecule has 4 heteroatoms. The second kappa shape index (κ2) is 8.78. The molecule has 5 rings (SSSR count). The van der Waals surface area contributed by atoms with Crippen molar-refractivity contribution in [2.75, 3.05) is 13.1 Å². The molecule has 1 unspecified atom stereocenters. The molecule has 0 amide bonds.